The molecule has 1 aromatic heterocycles. The standard InChI is InChI=1S/C21H31FN6O2/c1-4-23-21(24-13-19-26-20(27-30-19)15(3)29-5-2)25-17-9-7-11-28(14-17)18-10-6-8-16(22)12-18/h6,8,10,12,15,17H,4-5,7,9,11,13-14H2,1-3H3,(H2,23,24,25). The SMILES string of the molecule is CCNC(=NCc1nc(C(C)OCC)no1)NC1CCCN(c2cccc(F)c2)C1. The highest BCUT2D eigenvalue weighted by Crippen LogP contribution is 2.20. The summed E-state index contributed by atoms with van der Waals surface area (Å²) < 4.78 is 24.4. The Morgan fingerprint density at radius 2 is 2.30 bits per heavy atom. The molecule has 0 aliphatic carbocycles. The quantitative estimate of drug-likeness (QED) is 0.503. The van der Waals surface area contributed by atoms with Crippen molar-refractivity contribution in [1.82, 2.24) is 20.8 Å². The molecule has 2 aromatic rings. The summed E-state index contributed by atoms with van der Waals surface area (Å²) in [6.45, 7) is 9.14. The van der Waals surface area contributed by atoms with Crippen LogP contribution >= 0.6 is 0 Å². The number of anilines is 1. The lowest BCUT2D eigenvalue weighted by Crippen LogP contribution is -2.51. The molecule has 0 radical (unpaired) electrons. The van der Waals surface area contributed by atoms with Gasteiger partial charge in [-0.05, 0) is 51.8 Å². The number of rotatable bonds is 8. The molecule has 9 heteroatoms. The maximum atomic E-state index is 13.6. The smallest absolute Gasteiger partial charge is 0.248 e. The largest absolute Gasteiger partial charge is 0.371 e. The molecule has 1 aliphatic rings. The van der Waals surface area contributed by atoms with Crippen molar-refractivity contribution in [2.45, 2.75) is 52.3 Å². The number of ether oxygens (including phenoxy) is 1. The highest BCUT2D eigenvalue weighted by Gasteiger charge is 2.21. The first-order valence-corrected chi connectivity index (χ1v) is 10.6. The van der Waals surface area contributed by atoms with Crippen LogP contribution in [0.1, 0.15) is 51.4 Å². The lowest BCUT2D eigenvalue weighted by molar-refractivity contribution is 0.0683. The van der Waals surface area contributed by atoms with E-state index < -0.39 is 0 Å². The van der Waals surface area contributed by atoms with E-state index in [1.165, 1.54) is 6.07 Å². The average Bonchev–Trinajstić information content (AvgIpc) is 3.22. The zero-order valence-corrected chi connectivity index (χ0v) is 17.9. The van der Waals surface area contributed by atoms with Gasteiger partial charge in [0.1, 0.15) is 18.5 Å². The summed E-state index contributed by atoms with van der Waals surface area (Å²) in [4.78, 5) is 11.1. The molecular formula is C21H31FN6O2. The molecule has 164 valence electrons. The second kappa shape index (κ2) is 10.9. The third-order valence-electron chi connectivity index (χ3n) is 4.92. The Kier molecular flexibility index (Phi) is 8.01. The fourth-order valence-electron chi connectivity index (χ4n) is 3.48. The van der Waals surface area contributed by atoms with Gasteiger partial charge in [0.15, 0.2) is 11.8 Å². The molecule has 0 spiro atoms. The number of guanidine groups is 1. The lowest BCUT2D eigenvalue weighted by atomic mass is 10.0. The number of hydrogen-bond acceptors (Lipinski definition) is 6. The van der Waals surface area contributed by atoms with Crippen molar-refractivity contribution >= 4 is 11.6 Å². The number of nitrogens with zero attached hydrogens (tertiary/aromatic N) is 4. The van der Waals surface area contributed by atoms with Gasteiger partial charge in [0.25, 0.3) is 0 Å². The van der Waals surface area contributed by atoms with Crippen molar-refractivity contribution in [3.63, 3.8) is 0 Å². The average molecular weight is 419 g/mol. The number of hydrogen-bond donors (Lipinski definition) is 2. The Hall–Kier alpha value is -2.68. The van der Waals surface area contributed by atoms with Crippen molar-refractivity contribution in [1.29, 1.82) is 0 Å². The minimum atomic E-state index is -0.213. The van der Waals surface area contributed by atoms with Crippen LogP contribution in [0.3, 0.4) is 0 Å². The van der Waals surface area contributed by atoms with E-state index in [0.29, 0.717) is 24.3 Å². The van der Waals surface area contributed by atoms with E-state index in [4.69, 9.17) is 9.26 Å². The molecule has 1 saturated heterocycles. The topological polar surface area (TPSA) is 87.8 Å². The Labute approximate surface area is 176 Å². The molecule has 0 amide bonds. The zero-order chi connectivity index (χ0) is 21.3. The first-order valence-electron chi connectivity index (χ1n) is 10.6. The molecule has 8 nitrogen and oxygen atoms in total. The number of halogens is 1. The summed E-state index contributed by atoms with van der Waals surface area (Å²) in [7, 11) is 0. The van der Waals surface area contributed by atoms with Gasteiger partial charge in [-0.2, -0.15) is 4.98 Å². The van der Waals surface area contributed by atoms with Crippen molar-refractivity contribution in [2.24, 2.45) is 4.99 Å². The number of piperidine rings is 1. The monoisotopic (exact) mass is 418 g/mol. The van der Waals surface area contributed by atoms with Crippen LogP contribution in [0.2, 0.25) is 0 Å². The van der Waals surface area contributed by atoms with Crippen molar-refractivity contribution in [3.8, 4) is 0 Å². The fraction of sp³-hybridized carbons (Fsp3) is 0.571. The molecule has 1 aromatic carbocycles. The first kappa shape index (κ1) is 22.0. The number of benzene rings is 1. The van der Waals surface area contributed by atoms with Gasteiger partial charge in [0.05, 0.1) is 0 Å². The van der Waals surface area contributed by atoms with Crippen LogP contribution in [0, 0.1) is 5.82 Å². The molecule has 0 saturated carbocycles. The zero-order valence-electron chi connectivity index (χ0n) is 17.9. The highest BCUT2D eigenvalue weighted by molar-refractivity contribution is 5.80. The normalized spacial score (nSPS) is 18.3. The van der Waals surface area contributed by atoms with Crippen LogP contribution in [-0.2, 0) is 11.3 Å². The third kappa shape index (κ3) is 6.16. The Morgan fingerprint density at radius 1 is 1.43 bits per heavy atom. The molecule has 2 unspecified atom stereocenters. The number of nitrogens with one attached hydrogen (secondary N) is 2. The summed E-state index contributed by atoms with van der Waals surface area (Å²) in [6.07, 6.45) is 1.84. The van der Waals surface area contributed by atoms with Gasteiger partial charge in [-0.25, -0.2) is 9.38 Å². The third-order valence-corrected chi connectivity index (χ3v) is 4.92. The summed E-state index contributed by atoms with van der Waals surface area (Å²) in [5, 5.41) is 10.7. The van der Waals surface area contributed by atoms with Gasteiger partial charge in [0, 0.05) is 38.0 Å². The molecular weight excluding hydrogens is 387 g/mol. The van der Waals surface area contributed by atoms with Crippen LogP contribution in [0.15, 0.2) is 33.8 Å². The van der Waals surface area contributed by atoms with E-state index in [0.717, 1.165) is 38.2 Å². The summed E-state index contributed by atoms with van der Waals surface area (Å²) in [5.74, 6) is 1.45. The van der Waals surface area contributed by atoms with Gasteiger partial charge in [0.2, 0.25) is 5.89 Å². The van der Waals surface area contributed by atoms with E-state index in [1.807, 2.05) is 26.8 Å². The molecule has 2 N–H and O–H groups in total. The molecule has 1 fully saturated rings. The lowest BCUT2D eigenvalue weighted by Gasteiger charge is -2.35. The van der Waals surface area contributed by atoms with Crippen LogP contribution in [-0.4, -0.2) is 48.4 Å². The van der Waals surface area contributed by atoms with E-state index in [9.17, 15) is 4.39 Å². The Bertz CT molecular complexity index is 827. The highest BCUT2D eigenvalue weighted by atomic mass is 19.1. The van der Waals surface area contributed by atoms with E-state index in [1.54, 1.807) is 12.1 Å². The van der Waals surface area contributed by atoms with Gasteiger partial charge < -0.3 is 24.8 Å². The number of aromatic nitrogens is 2. The molecule has 2 atom stereocenters. The predicted molar refractivity (Wildman–Crippen MR) is 114 cm³/mol. The van der Waals surface area contributed by atoms with Crippen molar-refractivity contribution < 1.29 is 13.7 Å². The van der Waals surface area contributed by atoms with Crippen molar-refractivity contribution in [3.05, 3.63) is 41.8 Å². The summed E-state index contributed by atoms with van der Waals surface area (Å²) in [5.41, 5.74) is 0.908. The molecule has 2 heterocycles. The fourth-order valence-corrected chi connectivity index (χ4v) is 3.48. The summed E-state index contributed by atoms with van der Waals surface area (Å²) >= 11 is 0. The van der Waals surface area contributed by atoms with Crippen LogP contribution in [0.4, 0.5) is 10.1 Å². The maximum absolute atomic E-state index is 13.6. The van der Waals surface area contributed by atoms with Crippen molar-refractivity contribution in [2.75, 3.05) is 31.1 Å². The maximum Gasteiger partial charge on any atom is 0.248 e. The first-order chi connectivity index (χ1) is 14.6. The molecule has 0 bridgehead atoms. The van der Waals surface area contributed by atoms with Crippen LogP contribution < -0.4 is 15.5 Å². The molecule has 1 aliphatic heterocycles. The Balaban J connectivity index is 1.60. The minimum Gasteiger partial charge on any atom is -0.371 e. The second-order valence-electron chi connectivity index (χ2n) is 7.25. The molecule has 30 heavy (non-hydrogen) atoms. The minimum absolute atomic E-state index is 0.205. The summed E-state index contributed by atoms with van der Waals surface area (Å²) in [6, 6.07) is 6.95. The predicted octanol–water partition coefficient (Wildman–Crippen LogP) is 3.03. The van der Waals surface area contributed by atoms with Gasteiger partial charge in [-0.3, -0.25) is 0 Å². The van der Waals surface area contributed by atoms with Crippen LogP contribution in [0.5, 0.6) is 0 Å². The van der Waals surface area contributed by atoms with E-state index in [2.05, 4.69) is 30.7 Å². The Morgan fingerprint density at radius 3 is 3.07 bits per heavy atom. The van der Waals surface area contributed by atoms with Gasteiger partial charge >= 0.3 is 0 Å². The second-order valence-corrected chi connectivity index (χ2v) is 7.25. The molecule has 3 rings (SSSR count). The van der Waals surface area contributed by atoms with Gasteiger partial charge in [-0.15, -0.1) is 0 Å². The van der Waals surface area contributed by atoms with E-state index >= 15 is 0 Å². The number of aliphatic imine (C=N–C) groups is 1. The van der Waals surface area contributed by atoms with Gasteiger partial charge in [-0.1, -0.05) is 11.2 Å². The van der Waals surface area contributed by atoms with E-state index in [-0.39, 0.29) is 24.5 Å². The van der Waals surface area contributed by atoms with Crippen LogP contribution in [0.25, 0.3) is 0 Å².